The van der Waals surface area contributed by atoms with Gasteiger partial charge in [-0.2, -0.15) is 0 Å². The summed E-state index contributed by atoms with van der Waals surface area (Å²) in [4.78, 5) is 30.2. The highest BCUT2D eigenvalue weighted by molar-refractivity contribution is 6.45. The van der Waals surface area contributed by atoms with Crippen molar-refractivity contribution in [1.29, 1.82) is 0 Å². The number of benzene rings is 2. The molecular weight excluding hydrogens is 415 g/mol. The zero-order valence-corrected chi connectivity index (χ0v) is 18.0. The van der Waals surface area contributed by atoms with Crippen molar-refractivity contribution < 1.29 is 28.6 Å². The predicted octanol–water partition coefficient (Wildman–Crippen LogP) is 2.83. The normalized spacial score (nSPS) is 19.1. The number of piperidine rings is 1. The van der Waals surface area contributed by atoms with Gasteiger partial charge in [-0.15, -0.1) is 0 Å². The number of aliphatic hydroxyl groups excluding tert-OH is 1. The second kappa shape index (κ2) is 9.00. The number of likely N-dealkylation sites (tertiary alicyclic amines) is 1. The zero-order valence-electron chi connectivity index (χ0n) is 18.0. The van der Waals surface area contributed by atoms with Crippen molar-refractivity contribution in [2.45, 2.75) is 12.8 Å². The molecule has 2 amide bonds. The maximum absolute atomic E-state index is 13.6. The van der Waals surface area contributed by atoms with Gasteiger partial charge in [-0.3, -0.25) is 9.59 Å². The molecule has 8 heteroatoms. The lowest BCUT2D eigenvalue weighted by Gasteiger charge is -2.34. The molecule has 0 spiro atoms. The first-order chi connectivity index (χ1) is 15.5. The number of methoxy groups -OCH3 is 2. The molecule has 0 radical (unpaired) electrons. The Morgan fingerprint density at radius 2 is 1.75 bits per heavy atom. The lowest BCUT2D eigenvalue weighted by molar-refractivity contribution is -0.120. The molecule has 0 aromatic heterocycles. The van der Waals surface area contributed by atoms with Crippen LogP contribution in [0.4, 0.5) is 10.1 Å². The minimum absolute atomic E-state index is 0.0111. The number of anilines is 1. The molecule has 1 saturated heterocycles. The zero-order chi connectivity index (χ0) is 22.8. The Morgan fingerprint density at radius 3 is 2.41 bits per heavy atom. The van der Waals surface area contributed by atoms with E-state index >= 15 is 0 Å². The molecule has 32 heavy (non-hydrogen) atoms. The van der Waals surface area contributed by atoms with Gasteiger partial charge >= 0.3 is 0 Å². The number of hydrogen-bond donors (Lipinski definition) is 1. The summed E-state index contributed by atoms with van der Waals surface area (Å²) in [5, 5.41) is 9.65. The van der Waals surface area contributed by atoms with Gasteiger partial charge in [0.05, 0.1) is 25.5 Å². The van der Waals surface area contributed by atoms with Crippen LogP contribution in [-0.2, 0) is 9.59 Å². The number of nitrogens with zero attached hydrogens (tertiary/aromatic N) is 2. The summed E-state index contributed by atoms with van der Waals surface area (Å²) in [6, 6.07) is 10.4. The van der Waals surface area contributed by atoms with Gasteiger partial charge in [0.25, 0.3) is 11.8 Å². The third kappa shape index (κ3) is 3.82. The first kappa shape index (κ1) is 21.8. The second-order valence-corrected chi connectivity index (χ2v) is 7.85. The summed E-state index contributed by atoms with van der Waals surface area (Å²) in [6.07, 6.45) is 1.65. The number of hydrogen-bond acceptors (Lipinski definition) is 6. The predicted molar refractivity (Wildman–Crippen MR) is 117 cm³/mol. The molecule has 1 unspecified atom stereocenters. The van der Waals surface area contributed by atoms with Gasteiger partial charge < -0.3 is 19.5 Å². The Balaban J connectivity index is 1.80. The van der Waals surface area contributed by atoms with Crippen LogP contribution in [0.3, 0.4) is 0 Å². The van der Waals surface area contributed by atoms with Gasteiger partial charge in [0, 0.05) is 25.8 Å². The summed E-state index contributed by atoms with van der Waals surface area (Å²) >= 11 is 0. The summed E-state index contributed by atoms with van der Waals surface area (Å²) in [5.41, 5.74) is 1.31. The van der Waals surface area contributed by atoms with Gasteiger partial charge in [0.15, 0.2) is 11.5 Å². The SMILES string of the molecule is COc1ccc(N2C(=O)C(c3ccc(F)cc3)=C(N3CCCC(CO)C3)C2=O)cc1OC. The number of carbonyl (C=O) groups is 2. The smallest absolute Gasteiger partial charge is 0.282 e. The van der Waals surface area contributed by atoms with E-state index in [2.05, 4.69) is 0 Å². The van der Waals surface area contributed by atoms with Gasteiger partial charge in [-0.1, -0.05) is 12.1 Å². The molecule has 7 nitrogen and oxygen atoms in total. The van der Waals surface area contributed by atoms with Crippen molar-refractivity contribution >= 4 is 23.1 Å². The Labute approximate surface area is 185 Å². The lowest BCUT2D eigenvalue weighted by atomic mass is 9.97. The molecule has 2 aromatic carbocycles. The fourth-order valence-electron chi connectivity index (χ4n) is 4.30. The highest BCUT2D eigenvalue weighted by Crippen LogP contribution is 2.39. The van der Waals surface area contributed by atoms with E-state index in [-0.39, 0.29) is 23.8 Å². The van der Waals surface area contributed by atoms with E-state index in [4.69, 9.17) is 9.47 Å². The maximum Gasteiger partial charge on any atom is 0.282 e. The van der Waals surface area contributed by atoms with Crippen molar-refractivity contribution in [2.24, 2.45) is 5.92 Å². The Bertz CT molecular complexity index is 1070. The minimum Gasteiger partial charge on any atom is -0.493 e. The van der Waals surface area contributed by atoms with E-state index in [0.29, 0.717) is 35.8 Å². The fraction of sp³-hybridized carbons (Fsp3) is 0.333. The van der Waals surface area contributed by atoms with Gasteiger partial charge in [-0.25, -0.2) is 9.29 Å². The van der Waals surface area contributed by atoms with E-state index in [0.717, 1.165) is 17.7 Å². The molecular formula is C24H25FN2O5. The Hall–Kier alpha value is -3.39. The average molecular weight is 440 g/mol. The Kier molecular flexibility index (Phi) is 6.14. The number of rotatable bonds is 6. The molecule has 4 rings (SSSR count). The molecule has 2 aromatic rings. The van der Waals surface area contributed by atoms with Crippen molar-refractivity contribution in [1.82, 2.24) is 4.90 Å². The van der Waals surface area contributed by atoms with E-state index in [9.17, 15) is 19.1 Å². The molecule has 168 valence electrons. The van der Waals surface area contributed by atoms with Crippen LogP contribution in [0.1, 0.15) is 18.4 Å². The topological polar surface area (TPSA) is 79.3 Å². The molecule has 1 atom stereocenters. The molecule has 2 aliphatic rings. The first-order valence-corrected chi connectivity index (χ1v) is 10.4. The van der Waals surface area contributed by atoms with E-state index < -0.39 is 17.6 Å². The first-order valence-electron chi connectivity index (χ1n) is 10.4. The molecule has 1 fully saturated rings. The number of imide groups is 1. The summed E-state index contributed by atoms with van der Waals surface area (Å²) < 4.78 is 24.1. The third-order valence-corrected chi connectivity index (χ3v) is 5.91. The molecule has 0 aliphatic carbocycles. The minimum atomic E-state index is -0.491. The number of halogens is 1. The van der Waals surface area contributed by atoms with E-state index in [1.54, 1.807) is 18.2 Å². The quantitative estimate of drug-likeness (QED) is 0.696. The van der Waals surface area contributed by atoms with E-state index in [1.165, 1.54) is 38.5 Å². The van der Waals surface area contributed by atoms with Crippen LogP contribution in [0.25, 0.3) is 5.57 Å². The third-order valence-electron chi connectivity index (χ3n) is 5.91. The van der Waals surface area contributed by atoms with Crippen LogP contribution >= 0.6 is 0 Å². The van der Waals surface area contributed by atoms with E-state index in [1.807, 2.05) is 4.90 Å². The molecule has 0 bridgehead atoms. The number of amides is 2. The van der Waals surface area contributed by atoms with Gasteiger partial charge in [0.1, 0.15) is 11.5 Å². The molecule has 2 heterocycles. The summed E-state index contributed by atoms with van der Waals surface area (Å²) in [6.45, 7) is 1.07. The highest BCUT2D eigenvalue weighted by atomic mass is 19.1. The van der Waals surface area contributed by atoms with Crippen LogP contribution in [0, 0.1) is 11.7 Å². The van der Waals surface area contributed by atoms with Crippen LogP contribution in [0.2, 0.25) is 0 Å². The van der Waals surface area contributed by atoms with Crippen molar-refractivity contribution in [3.05, 3.63) is 59.5 Å². The van der Waals surface area contributed by atoms with Gasteiger partial charge in [0.2, 0.25) is 0 Å². The van der Waals surface area contributed by atoms with Gasteiger partial charge in [-0.05, 0) is 48.6 Å². The molecule has 0 saturated carbocycles. The summed E-state index contributed by atoms with van der Waals surface area (Å²) in [5.74, 6) is -0.494. The average Bonchev–Trinajstić information content (AvgIpc) is 3.09. The van der Waals surface area contributed by atoms with Crippen LogP contribution in [0.15, 0.2) is 48.2 Å². The number of aliphatic hydroxyl groups is 1. The Morgan fingerprint density at radius 1 is 1.03 bits per heavy atom. The molecule has 2 aliphatic heterocycles. The number of carbonyl (C=O) groups excluding carboxylic acids is 2. The maximum atomic E-state index is 13.6. The number of ether oxygens (including phenoxy) is 2. The second-order valence-electron chi connectivity index (χ2n) is 7.85. The molecule has 1 N–H and O–H groups in total. The summed E-state index contributed by atoms with van der Waals surface area (Å²) in [7, 11) is 2.98. The van der Waals surface area contributed by atoms with Crippen molar-refractivity contribution in [3.8, 4) is 11.5 Å². The largest absolute Gasteiger partial charge is 0.493 e. The van der Waals surface area contributed by atoms with Crippen molar-refractivity contribution in [2.75, 3.05) is 38.8 Å². The van der Waals surface area contributed by atoms with Crippen LogP contribution < -0.4 is 14.4 Å². The van der Waals surface area contributed by atoms with Crippen molar-refractivity contribution in [3.63, 3.8) is 0 Å². The van der Waals surface area contributed by atoms with Crippen LogP contribution in [0.5, 0.6) is 11.5 Å². The van der Waals surface area contributed by atoms with Crippen LogP contribution in [-0.4, -0.2) is 55.7 Å². The standard InChI is InChI=1S/C24H25FN2O5/c1-31-19-10-9-18(12-20(19)32-2)27-23(29)21(16-5-7-17(25)8-6-16)22(24(27)30)26-11-3-4-15(13-26)14-28/h5-10,12,15,28H,3-4,11,13-14H2,1-2H3. The fourth-order valence-corrected chi connectivity index (χ4v) is 4.30. The lowest BCUT2D eigenvalue weighted by Crippen LogP contribution is -2.40. The highest BCUT2D eigenvalue weighted by Gasteiger charge is 2.43. The monoisotopic (exact) mass is 440 g/mol.